The molecule has 0 amide bonds. The third-order valence-corrected chi connectivity index (χ3v) is 6.43. The number of piperidine rings is 1. The molecule has 2 heterocycles. The van der Waals surface area contributed by atoms with Gasteiger partial charge in [0.15, 0.2) is 0 Å². The van der Waals surface area contributed by atoms with E-state index in [2.05, 4.69) is 18.2 Å². The van der Waals surface area contributed by atoms with Gasteiger partial charge in [0.05, 0.1) is 0 Å². The standard InChI is InChI=1S/C14H17F3NO3PS/c15-14(16,17)23(19,20)21-13-3-1-2-9(8-13)10-6-11-4-5-12(7-10)18(11)22/h1-3,8,10-12H,4-7,22H2. The Hall–Kier alpha value is -0.850. The number of hydrogen-bond acceptors (Lipinski definition) is 4. The second kappa shape index (κ2) is 5.90. The average molecular weight is 367 g/mol. The van der Waals surface area contributed by atoms with Crippen LogP contribution in [-0.4, -0.2) is 30.7 Å². The van der Waals surface area contributed by atoms with Crippen molar-refractivity contribution in [3.63, 3.8) is 0 Å². The molecule has 0 spiro atoms. The van der Waals surface area contributed by atoms with E-state index in [-0.39, 0.29) is 11.7 Å². The number of alkyl halides is 3. The Kier molecular flexibility index (Phi) is 4.36. The largest absolute Gasteiger partial charge is 0.534 e. The second-order valence-corrected chi connectivity index (χ2v) is 8.19. The highest BCUT2D eigenvalue weighted by atomic mass is 32.2. The molecule has 2 aliphatic rings. The van der Waals surface area contributed by atoms with Crippen LogP contribution in [0.4, 0.5) is 13.2 Å². The highest BCUT2D eigenvalue weighted by Gasteiger charge is 2.48. The van der Waals surface area contributed by atoms with Crippen molar-refractivity contribution in [1.29, 1.82) is 0 Å². The van der Waals surface area contributed by atoms with E-state index in [4.69, 9.17) is 0 Å². The first kappa shape index (κ1) is 17.0. The van der Waals surface area contributed by atoms with E-state index in [1.165, 1.54) is 18.2 Å². The van der Waals surface area contributed by atoms with Gasteiger partial charge in [-0.15, -0.1) is 0 Å². The molecule has 23 heavy (non-hydrogen) atoms. The van der Waals surface area contributed by atoms with E-state index < -0.39 is 15.6 Å². The zero-order valence-corrected chi connectivity index (χ0v) is 14.1. The van der Waals surface area contributed by atoms with E-state index >= 15 is 0 Å². The van der Waals surface area contributed by atoms with Crippen molar-refractivity contribution in [2.24, 2.45) is 0 Å². The normalized spacial score (nSPS) is 28.8. The van der Waals surface area contributed by atoms with Crippen LogP contribution in [0.3, 0.4) is 0 Å². The minimum atomic E-state index is -5.63. The lowest BCUT2D eigenvalue weighted by molar-refractivity contribution is -0.0500. The van der Waals surface area contributed by atoms with Crippen LogP contribution in [0, 0.1) is 0 Å². The molecule has 0 N–H and O–H groups in total. The summed E-state index contributed by atoms with van der Waals surface area (Å²) in [6.07, 6.45) is 4.05. The van der Waals surface area contributed by atoms with Gasteiger partial charge in [0, 0.05) is 12.1 Å². The topological polar surface area (TPSA) is 46.6 Å². The van der Waals surface area contributed by atoms with Gasteiger partial charge in [-0.2, -0.15) is 21.6 Å². The van der Waals surface area contributed by atoms with Gasteiger partial charge < -0.3 is 4.18 Å². The van der Waals surface area contributed by atoms with E-state index in [0.29, 0.717) is 12.1 Å². The van der Waals surface area contributed by atoms with Crippen LogP contribution in [0.1, 0.15) is 37.2 Å². The van der Waals surface area contributed by atoms with E-state index in [0.717, 1.165) is 31.2 Å². The number of halogens is 3. The lowest BCUT2D eigenvalue weighted by Crippen LogP contribution is -2.35. The molecule has 0 saturated carbocycles. The molecular weight excluding hydrogens is 350 g/mol. The zero-order valence-electron chi connectivity index (χ0n) is 12.2. The molecule has 1 aromatic rings. The fourth-order valence-corrected chi connectivity index (χ4v) is 4.47. The average Bonchev–Trinajstić information content (AvgIpc) is 2.68. The quantitative estimate of drug-likeness (QED) is 0.467. The Morgan fingerprint density at radius 3 is 2.35 bits per heavy atom. The van der Waals surface area contributed by atoms with Crippen molar-refractivity contribution < 1.29 is 25.8 Å². The van der Waals surface area contributed by atoms with Gasteiger partial charge in [-0.25, -0.2) is 0 Å². The second-order valence-electron chi connectivity index (χ2n) is 6.06. The summed E-state index contributed by atoms with van der Waals surface area (Å²) >= 11 is 0. The van der Waals surface area contributed by atoms with Gasteiger partial charge in [0.2, 0.25) is 0 Å². The number of rotatable bonds is 3. The van der Waals surface area contributed by atoms with Gasteiger partial charge in [0.1, 0.15) is 5.75 Å². The Morgan fingerprint density at radius 1 is 1.17 bits per heavy atom. The predicted molar refractivity (Wildman–Crippen MR) is 82.4 cm³/mol. The summed E-state index contributed by atoms with van der Waals surface area (Å²) in [5.74, 6) is -0.0816. The highest BCUT2D eigenvalue weighted by molar-refractivity contribution is 7.88. The smallest absolute Gasteiger partial charge is 0.376 e. The molecule has 2 aliphatic heterocycles. The number of hydrogen-bond donors (Lipinski definition) is 0. The molecule has 9 heteroatoms. The number of benzene rings is 1. The van der Waals surface area contributed by atoms with Gasteiger partial charge >= 0.3 is 15.6 Å². The predicted octanol–water partition coefficient (Wildman–Crippen LogP) is 3.42. The van der Waals surface area contributed by atoms with E-state index in [9.17, 15) is 21.6 Å². The van der Waals surface area contributed by atoms with Gasteiger partial charge in [-0.1, -0.05) is 21.5 Å². The van der Waals surface area contributed by atoms with Crippen LogP contribution in [-0.2, 0) is 10.1 Å². The third-order valence-electron chi connectivity index (χ3n) is 4.61. The van der Waals surface area contributed by atoms with Crippen LogP contribution in [0.15, 0.2) is 24.3 Å². The molecule has 4 nitrogen and oxygen atoms in total. The summed E-state index contributed by atoms with van der Waals surface area (Å²) in [6, 6.07) is 6.89. The van der Waals surface area contributed by atoms with Crippen LogP contribution in [0.25, 0.3) is 0 Å². The highest BCUT2D eigenvalue weighted by Crippen LogP contribution is 2.45. The van der Waals surface area contributed by atoms with Crippen molar-refractivity contribution in [3.05, 3.63) is 29.8 Å². The van der Waals surface area contributed by atoms with Gasteiger partial charge in [0.25, 0.3) is 0 Å². The van der Waals surface area contributed by atoms with Crippen molar-refractivity contribution in [2.75, 3.05) is 0 Å². The van der Waals surface area contributed by atoms with Crippen LogP contribution in [0.5, 0.6) is 5.75 Å². The Balaban J connectivity index is 1.79. The molecule has 2 saturated heterocycles. The van der Waals surface area contributed by atoms with Crippen molar-refractivity contribution in [1.82, 2.24) is 4.67 Å². The first-order valence-electron chi connectivity index (χ1n) is 7.31. The lowest BCUT2D eigenvalue weighted by atomic mass is 9.86. The third kappa shape index (κ3) is 3.35. The maximum atomic E-state index is 12.4. The summed E-state index contributed by atoms with van der Waals surface area (Å²) in [5, 5.41) is 0. The summed E-state index contributed by atoms with van der Waals surface area (Å²) in [6.45, 7) is 0. The molecular formula is C14H17F3NO3PS. The molecule has 0 radical (unpaired) electrons. The Morgan fingerprint density at radius 2 is 1.78 bits per heavy atom. The molecule has 2 bridgehead atoms. The molecule has 3 unspecified atom stereocenters. The SMILES string of the molecule is O=S(=O)(Oc1cccc(C2CC3CCC(C2)N3P)c1)C(F)(F)F. The summed E-state index contributed by atoms with van der Waals surface area (Å²) < 4.78 is 65.9. The van der Waals surface area contributed by atoms with E-state index in [1.54, 1.807) is 0 Å². The fourth-order valence-electron chi connectivity index (χ4n) is 3.48. The van der Waals surface area contributed by atoms with Gasteiger partial charge in [-0.05, 0) is 49.3 Å². The number of fused-ring (bicyclic) bond motifs is 2. The molecule has 3 atom stereocenters. The molecule has 2 fully saturated rings. The van der Waals surface area contributed by atoms with Crippen molar-refractivity contribution >= 4 is 19.5 Å². The van der Waals surface area contributed by atoms with Gasteiger partial charge in [-0.3, -0.25) is 4.67 Å². The summed E-state index contributed by atoms with van der Waals surface area (Å²) in [4.78, 5) is 0. The van der Waals surface area contributed by atoms with Crippen LogP contribution < -0.4 is 4.18 Å². The molecule has 0 aromatic heterocycles. The maximum Gasteiger partial charge on any atom is 0.534 e. The van der Waals surface area contributed by atoms with Crippen molar-refractivity contribution in [3.8, 4) is 5.75 Å². The lowest BCUT2D eigenvalue weighted by Gasteiger charge is -2.36. The number of nitrogens with zero attached hydrogens (tertiary/aromatic N) is 1. The van der Waals surface area contributed by atoms with Crippen LogP contribution in [0.2, 0.25) is 0 Å². The monoisotopic (exact) mass is 367 g/mol. The minimum Gasteiger partial charge on any atom is -0.376 e. The minimum absolute atomic E-state index is 0.210. The van der Waals surface area contributed by atoms with Crippen LogP contribution >= 0.6 is 9.39 Å². The van der Waals surface area contributed by atoms with E-state index in [1.807, 2.05) is 6.07 Å². The Bertz CT molecular complexity index is 681. The molecule has 3 rings (SSSR count). The summed E-state index contributed by atoms with van der Waals surface area (Å²) in [7, 11) is -2.88. The zero-order chi connectivity index (χ0) is 16.8. The van der Waals surface area contributed by atoms with Crippen molar-refractivity contribution in [2.45, 2.75) is 49.2 Å². The summed E-state index contributed by atoms with van der Waals surface area (Å²) in [5.41, 5.74) is -4.60. The molecule has 128 valence electrons. The maximum absolute atomic E-state index is 12.4. The Labute approximate surface area is 135 Å². The molecule has 0 aliphatic carbocycles. The fraction of sp³-hybridized carbons (Fsp3) is 0.571. The molecule has 1 aromatic carbocycles. The first-order valence-corrected chi connectivity index (χ1v) is 9.23. The first-order chi connectivity index (χ1) is 10.7.